The molecule has 0 spiro atoms. The standard InChI is InChI=1S/C7H11NO2.C7H11NOS.C6H11N3.C5H10N2O2S.CH4/c2*1-7(2,3)5-4-6(9)10-8-5;1-6(2,3)5-4-7-9-8-5;1-5(2,3)4-6-9-10(8)7-4;/h2*4H2,1-3H3;4H2,1-3H3;1-3H3,(H,6,7);1H4. The Kier molecular flexibility index (Phi) is 14.2. The van der Waals surface area contributed by atoms with Gasteiger partial charge in [0, 0.05) is 39.3 Å². The van der Waals surface area contributed by atoms with Crippen LogP contribution in [0.25, 0.3) is 0 Å². The van der Waals surface area contributed by atoms with E-state index >= 15 is 0 Å². The normalized spacial score (nSPS) is 20.1. The fraction of sp³-hybridized carbons (Fsp3) is 0.769. The van der Waals surface area contributed by atoms with Gasteiger partial charge in [0.2, 0.25) is 5.12 Å². The number of nitrogens with one attached hydrogen (secondary N) is 1. The molecule has 40 heavy (non-hydrogen) atoms. The Balaban J connectivity index is 0.000000503. The van der Waals surface area contributed by atoms with Crippen molar-refractivity contribution < 1.29 is 22.9 Å². The highest BCUT2D eigenvalue weighted by atomic mass is 32.2. The highest BCUT2D eigenvalue weighted by Gasteiger charge is 2.28. The molecule has 228 valence electrons. The van der Waals surface area contributed by atoms with Gasteiger partial charge in [0.15, 0.2) is 0 Å². The molecule has 1 unspecified atom stereocenters. The molecule has 0 bridgehead atoms. The zero-order chi connectivity index (χ0) is 30.2. The van der Waals surface area contributed by atoms with Crippen LogP contribution in [0.5, 0.6) is 0 Å². The maximum atomic E-state index is 10.7. The molecule has 0 radical (unpaired) electrons. The van der Waals surface area contributed by atoms with Gasteiger partial charge < -0.3 is 4.84 Å². The second kappa shape index (κ2) is 15.1. The van der Waals surface area contributed by atoms with Crippen LogP contribution in [0.15, 0.2) is 29.4 Å². The molecule has 4 aliphatic rings. The van der Waals surface area contributed by atoms with Crippen molar-refractivity contribution in [2.75, 3.05) is 6.54 Å². The molecule has 0 aromatic rings. The van der Waals surface area contributed by atoms with Crippen LogP contribution in [-0.2, 0) is 30.0 Å². The van der Waals surface area contributed by atoms with Crippen molar-refractivity contribution >= 4 is 57.3 Å². The van der Waals surface area contributed by atoms with E-state index in [1.54, 1.807) is 0 Å². The van der Waals surface area contributed by atoms with Gasteiger partial charge in [-0.1, -0.05) is 95.7 Å². The fourth-order valence-electron chi connectivity index (χ4n) is 2.50. The van der Waals surface area contributed by atoms with Gasteiger partial charge in [-0.05, 0) is 5.22 Å². The van der Waals surface area contributed by atoms with Crippen LogP contribution >= 0.6 is 11.9 Å². The predicted molar refractivity (Wildman–Crippen MR) is 164 cm³/mol. The highest BCUT2D eigenvalue weighted by Crippen LogP contribution is 2.28. The molecular weight excluding hydrogens is 554 g/mol. The second-order valence-corrected chi connectivity index (χ2v) is 14.7. The number of amidine groups is 1. The first kappa shape index (κ1) is 37.7. The summed E-state index contributed by atoms with van der Waals surface area (Å²) in [7, 11) is 0. The third kappa shape index (κ3) is 13.8. The summed E-state index contributed by atoms with van der Waals surface area (Å²) in [6.07, 6.45) is 0.887. The van der Waals surface area contributed by atoms with Crippen LogP contribution < -0.4 is 5.48 Å². The van der Waals surface area contributed by atoms with E-state index in [4.69, 9.17) is 0 Å². The highest BCUT2D eigenvalue weighted by molar-refractivity contribution is 8.13. The lowest BCUT2D eigenvalue weighted by atomic mass is 9.88. The smallest absolute Gasteiger partial charge is 0.318 e. The minimum absolute atomic E-state index is 0. The molecule has 14 heteroatoms. The number of carbonyl (C=O) groups is 2. The summed E-state index contributed by atoms with van der Waals surface area (Å²) in [6.45, 7) is 25.2. The summed E-state index contributed by atoms with van der Waals surface area (Å²) in [4.78, 5) is 25.8. The van der Waals surface area contributed by atoms with Gasteiger partial charge in [-0.15, -0.1) is 9.50 Å². The van der Waals surface area contributed by atoms with Crippen molar-refractivity contribution in [2.24, 2.45) is 51.1 Å². The molecule has 0 aliphatic carbocycles. The van der Waals surface area contributed by atoms with E-state index in [0.29, 0.717) is 25.2 Å². The first-order valence-electron chi connectivity index (χ1n) is 12.5. The molecule has 1 atom stereocenters. The molecule has 0 amide bonds. The fourth-order valence-corrected chi connectivity index (χ4v) is 3.90. The molecule has 1 N–H and O–H groups in total. The van der Waals surface area contributed by atoms with Crippen LogP contribution in [0.4, 0.5) is 0 Å². The van der Waals surface area contributed by atoms with Gasteiger partial charge in [-0.2, -0.15) is 9.40 Å². The average Bonchev–Trinajstić information content (AvgIpc) is 3.55. The van der Waals surface area contributed by atoms with E-state index in [1.807, 2.05) is 41.5 Å². The minimum Gasteiger partial charge on any atom is -0.318 e. The molecule has 0 saturated carbocycles. The van der Waals surface area contributed by atoms with Crippen LogP contribution in [0.1, 0.15) is 103 Å². The van der Waals surface area contributed by atoms with Crippen molar-refractivity contribution in [2.45, 2.75) is 103 Å². The number of oxime groups is 1. The topological polar surface area (TPSA) is 156 Å². The van der Waals surface area contributed by atoms with Crippen molar-refractivity contribution in [3.05, 3.63) is 0 Å². The quantitative estimate of drug-likeness (QED) is 0.248. The van der Waals surface area contributed by atoms with Crippen molar-refractivity contribution in [1.82, 2.24) is 5.48 Å². The van der Waals surface area contributed by atoms with E-state index in [2.05, 4.69) is 85.5 Å². The van der Waals surface area contributed by atoms with Gasteiger partial charge in [-0.3, -0.25) is 4.79 Å². The second-order valence-electron chi connectivity index (χ2n) is 13.1. The Labute approximate surface area is 246 Å². The lowest BCUT2D eigenvalue weighted by Gasteiger charge is -2.16. The molecule has 0 aromatic heterocycles. The summed E-state index contributed by atoms with van der Waals surface area (Å²) < 4.78 is 22.8. The number of carbonyl (C=O) groups excluding carboxylic acids is 2. The number of hydroxylamine groups is 1. The minimum atomic E-state index is -1.52. The molecule has 0 saturated heterocycles. The molecule has 0 fully saturated rings. The molecular formula is C26H47N7O5S2. The third-order valence-electron chi connectivity index (χ3n) is 5.27. The third-order valence-corrected chi connectivity index (χ3v) is 6.49. The van der Waals surface area contributed by atoms with Crippen molar-refractivity contribution in [3.63, 3.8) is 0 Å². The number of nitrogens with zero attached hydrogens (tertiary/aromatic N) is 6. The van der Waals surface area contributed by atoms with Gasteiger partial charge in [0.25, 0.3) is 0 Å². The molecule has 4 aliphatic heterocycles. The zero-order valence-electron chi connectivity index (χ0n) is 25.2. The van der Waals surface area contributed by atoms with E-state index in [1.165, 1.54) is 0 Å². The Hall–Kier alpha value is -2.32. The molecule has 4 rings (SSSR count). The predicted octanol–water partition coefficient (Wildman–Crippen LogP) is 6.42. The lowest BCUT2D eigenvalue weighted by molar-refractivity contribution is -0.140. The molecule has 4 heterocycles. The van der Waals surface area contributed by atoms with Crippen LogP contribution in [0, 0.1) is 21.7 Å². The molecule has 0 aromatic carbocycles. The van der Waals surface area contributed by atoms with E-state index in [0.717, 1.165) is 29.1 Å². The van der Waals surface area contributed by atoms with E-state index in [9.17, 15) is 13.8 Å². The first-order valence-corrected chi connectivity index (χ1v) is 14.3. The summed E-state index contributed by atoms with van der Waals surface area (Å²) in [5.41, 5.74) is 5.47. The Bertz CT molecular complexity index is 1040. The summed E-state index contributed by atoms with van der Waals surface area (Å²) in [5, 5.41) is 15.0. The van der Waals surface area contributed by atoms with Gasteiger partial charge in [0.05, 0.1) is 24.3 Å². The average molecular weight is 602 g/mol. The SMILES string of the molecule is C.CC(C)(C)C1=NN=NC1.CC(C)(C)C1=NOC(=O)C1.CC(C)(C)C1=NS(=O)ON1.CC(C)(C)C1=NSC(=O)C1. The van der Waals surface area contributed by atoms with Crippen molar-refractivity contribution in [1.29, 1.82) is 0 Å². The van der Waals surface area contributed by atoms with Gasteiger partial charge in [-0.25, -0.2) is 18.9 Å². The van der Waals surface area contributed by atoms with Crippen LogP contribution in [-0.4, -0.2) is 44.8 Å². The molecule has 12 nitrogen and oxygen atoms in total. The monoisotopic (exact) mass is 601 g/mol. The Morgan fingerprint density at radius 1 is 0.800 bits per heavy atom. The summed E-state index contributed by atoms with van der Waals surface area (Å²) in [6, 6.07) is 0. The van der Waals surface area contributed by atoms with Crippen molar-refractivity contribution in [3.8, 4) is 0 Å². The maximum Gasteiger partial charge on any atom is 0.340 e. The van der Waals surface area contributed by atoms with E-state index in [-0.39, 0.29) is 40.2 Å². The largest absolute Gasteiger partial charge is 0.340 e. The van der Waals surface area contributed by atoms with Gasteiger partial charge >= 0.3 is 17.2 Å². The Morgan fingerprint density at radius 2 is 1.35 bits per heavy atom. The first-order chi connectivity index (χ1) is 17.6. The maximum absolute atomic E-state index is 10.7. The van der Waals surface area contributed by atoms with E-state index < -0.39 is 11.3 Å². The number of hydrogen-bond donors (Lipinski definition) is 1. The summed E-state index contributed by atoms with van der Waals surface area (Å²) >= 11 is -0.441. The lowest BCUT2D eigenvalue weighted by Crippen LogP contribution is -2.30. The summed E-state index contributed by atoms with van der Waals surface area (Å²) in [5.74, 6) is 0.385. The number of rotatable bonds is 0. The van der Waals surface area contributed by atoms with Crippen LogP contribution in [0.2, 0.25) is 0 Å². The Morgan fingerprint density at radius 3 is 1.55 bits per heavy atom. The number of hydrogen-bond acceptors (Lipinski definition) is 12. The zero-order valence-corrected chi connectivity index (χ0v) is 26.8. The van der Waals surface area contributed by atoms with Gasteiger partial charge in [0.1, 0.15) is 12.4 Å². The van der Waals surface area contributed by atoms with Crippen LogP contribution in [0.3, 0.4) is 0 Å².